The van der Waals surface area contributed by atoms with Gasteiger partial charge < -0.3 is 9.90 Å². The number of carboxylic acid groups (broad SMARTS) is 1. The van der Waals surface area contributed by atoms with Crippen molar-refractivity contribution in [1.29, 1.82) is 0 Å². The van der Waals surface area contributed by atoms with Crippen LogP contribution in [0.15, 0.2) is 24.3 Å². The van der Waals surface area contributed by atoms with Crippen molar-refractivity contribution < 1.29 is 9.90 Å². The van der Waals surface area contributed by atoms with Gasteiger partial charge in [-0.3, -0.25) is 0 Å². The summed E-state index contributed by atoms with van der Waals surface area (Å²) in [5.41, 5.74) is 0. The van der Waals surface area contributed by atoms with Gasteiger partial charge in [0.05, 0.1) is 0 Å². The van der Waals surface area contributed by atoms with Crippen LogP contribution in [0.5, 0.6) is 0 Å². The smallest absolute Gasteiger partial charge is 0.0414 e. The molecular formula is C18H31O2-. The van der Waals surface area contributed by atoms with E-state index in [0.29, 0.717) is 0 Å². The number of carbonyl (C=O) groups is 1. The first-order valence-corrected chi connectivity index (χ1v) is 8.29. The fourth-order valence-electron chi connectivity index (χ4n) is 2.10. The molecule has 0 aliphatic heterocycles. The van der Waals surface area contributed by atoms with Gasteiger partial charge in [-0.15, -0.1) is 0 Å². The average Bonchev–Trinajstić information content (AvgIpc) is 2.43. The van der Waals surface area contributed by atoms with Crippen LogP contribution >= 0.6 is 0 Å². The highest BCUT2D eigenvalue weighted by molar-refractivity contribution is 5.63. The first-order valence-electron chi connectivity index (χ1n) is 8.29. The van der Waals surface area contributed by atoms with Crippen LogP contribution in [0, 0.1) is 0 Å². The lowest BCUT2D eigenvalue weighted by Gasteiger charge is -2.01. The molecule has 0 aromatic rings. The van der Waals surface area contributed by atoms with Crippen LogP contribution in [0.25, 0.3) is 0 Å². The standard InChI is InChI=1S/C18H32O2/c1-2-3-4-5-6-7-8-9-10-11-12-13-14-15-16-17-18(19)20/h6-9H,2-5,10-17H2,1H3,(H,19,20)/p-1/b7-6+,9-8+. The third-order valence-corrected chi connectivity index (χ3v) is 3.36. The third-order valence-electron chi connectivity index (χ3n) is 3.36. The Balaban J connectivity index is 3.17. The molecule has 0 aromatic heterocycles. The fourth-order valence-corrected chi connectivity index (χ4v) is 2.10. The minimum absolute atomic E-state index is 0.216. The number of aliphatic carboxylic acids is 1. The molecule has 2 nitrogen and oxygen atoms in total. The molecule has 0 aromatic carbocycles. The van der Waals surface area contributed by atoms with E-state index in [1.54, 1.807) is 0 Å². The van der Waals surface area contributed by atoms with Crippen molar-refractivity contribution in [2.75, 3.05) is 0 Å². The molecule has 0 atom stereocenters. The Morgan fingerprint density at radius 2 is 1.30 bits per heavy atom. The monoisotopic (exact) mass is 279 g/mol. The average molecular weight is 279 g/mol. The van der Waals surface area contributed by atoms with Gasteiger partial charge in [-0.2, -0.15) is 0 Å². The van der Waals surface area contributed by atoms with Gasteiger partial charge in [0.25, 0.3) is 0 Å². The molecule has 0 saturated heterocycles. The molecule has 0 fully saturated rings. The molecule has 0 N–H and O–H groups in total. The first-order chi connectivity index (χ1) is 9.77. The third kappa shape index (κ3) is 16.9. The number of carboxylic acids is 1. The lowest BCUT2D eigenvalue weighted by atomic mass is 10.1. The van der Waals surface area contributed by atoms with E-state index < -0.39 is 5.97 Å². The Bertz CT molecular complexity index is 267. The zero-order valence-corrected chi connectivity index (χ0v) is 13.1. The molecule has 0 amide bonds. The number of allylic oxidation sites excluding steroid dienone is 4. The summed E-state index contributed by atoms with van der Waals surface area (Å²) < 4.78 is 0. The van der Waals surface area contributed by atoms with E-state index in [4.69, 9.17) is 0 Å². The highest BCUT2D eigenvalue weighted by atomic mass is 16.4. The zero-order valence-electron chi connectivity index (χ0n) is 13.1. The van der Waals surface area contributed by atoms with Gasteiger partial charge in [-0.25, -0.2) is 0 Å². The molecule has 0 radical (unpaired) electrons. The molecule has 0 bridgehead atoms. The lowest BCUT2D eigenvalue weighted by molar-refractivity contribution is -0.305. The normalized spacial score (nSPS) is 11.7. The molecule has 2 heteroatoms. The molecule has 116 valence electrons. The summed E-state index contributed by atoms with van der Waals surface area (Å²) in [4.78, 5) is 10.2. The Labute approximate surface area is 125 Å². The van der Waals surface area contributed by atoms with Crippen LogP contribution in [0.3, 0.4) is 0 Å². The van der Waals surface area contributed by atoms with Gasteiger partial charge in [0.2, 0.25) is 0 Å². The van der Waals surface area contributed by atoms with Crippen LogP contribution in [-0.4, -0.2) is 5.97 Å². The zero-order chi connectivity index (χ0) is 14.9. The maximum Gasteiger partial charge on any atom is 0.0414 e. The van der Waals surface area contributed by atoms with Crippen LogP contribution in [0.1, 0.15) is 84.0 Å². The van der Waals surface area contributed by atoms with Crippen molar-refractivity contribution in [3.63, 3.8) is 0 Å². The number of carbonyl (C=O) groups excluding carboxylic acids is 1. The molecular weight excluding hydrogens is 248 g/mol. The Morgan fingerprint density at radius 1 is 0.800 bits per heavy atom. The van der Waals surface area contributed by atoms with Gasteiger partial charge >= 0.3 is 0 Å². The van der Waals surface area contributed by atoms with E-state index in [-0.39, 0.29) is 6.42 Å². The van der Waals surface area contributed by atoms with Crippen molar-refractivity contribution in [3.05, 3.63) is 24.3 Å². The maximum atomic E-state index is 10.2. The largest absolute Gasteiger partial charge is 0.550 e. The highest BCUT2D eigenvalue weighted by Gasteiger charge is 1.91. The number of rotatable bonds is 14. The molecule has 0 unspecified atom stereocenters. The second kappa shape index (κ2) is 16.0. The van der Waals surface area contributed by atoms with E-state index in [0.717, 1.165) is 25.7 Å². The molecule has 20 heavy (non-hydrogen) atoms. The summed E-state index contributed by atoms with van der Waals surface area (Å²) in [6, 6.07) is 0. The molecule has 0 aliphatic carbocycles. The molecule has 0 spiro atoms. The van der Waals surface area contributed by atoms with Gasteiger partial charge in [0.1, 0.15) is 0 Å². The number of unbranched alkanes of at least 4 members (excludes halogenated alkanes) is 9. The fraction of sp³-hybridized carbons (Fsp3) is 0.722. The first kappa shape index (κ1) is 18.9. The van der Waals surface area contributed by atoms with Crippen molar-refractivity contribution in [1.82, 2.24) is 0 Å². The van der Waals surface area contributed by atoms with E-state index in [1.165, 1.54) is 44.9 Å². The Morgan fingerprint density at radius 3 is 1.85 bits per heavy atom. The summed E-state index contributed by atoms with van der Waals surface area (Å²) in [7, 11) is 0. The van der Waals surface area contributed by atoms with Gasteiger partial charge in [0, 0.05) is 5.97 Å². The number of hydrogen-bond acceptors (Lipinski definition) is 2. The Hall–Kier alpha value is -1.05. The van der Waals surface area contributed by atoms with Gasteiger partial charge in [-0.05, 0) is 38.5 Å². The van der Waals surface area contributed by atoms with Crippen molar-refractivity contribution in [3.8, 4) is 0 Å². The quantitative estimate of drug-likeness (QED) is 0.346. The summed E-state index contributed by atoms with van der Waals surface area (Å²) in [5.74, 6) is -0.919. The minimum Gasteiger partial charge on any atom is -0.550 e. The summed E-state index contributed by atoms with van der Waals surface area (Å²) in [5, 5.41) is 10.2. The summed E-state index contributed by atoms with van der Waals surface area (Å²) in [6.45, 7) is 2.23. The predicted octanol–water partition coefficient (Wildman–Crippen LogP) is 4.55. The Kier molecular flexibility index (Phi) is 15.2. The highest BCUT2D eigenvalue weighted by Crippen LogP contribution is 2.08. The molecule has 0 saturated carbocycles. The van der Waals surface area contributed by atoms with E-state index >= 15 is 0 Å². The second-order valence-corrected chi connectivity index (χ2v) is 5.38. The van der Waals surface area contributed by atoms with Crippen LogP contribution in [-0.2, 0) is 4.79 Å². The van der Waals surface area contributed by atoms with Gasteiger partial charge in [-0.1, -0.05) is 69.8 Å². The summed E-state index contributed by atoms with van der Waals surface area (Å²) >= 11 is 0. The van der Waals surface area contributed by atoms with E-state index in [1.807, 2.05) is 0 Å². The summed E-state index contributed by atoms with van der Waals surface area (Å²) in [6.07, 6.45) is 21.9. The van der Waals surface area contributed by atoms with Crippen LogP contribution in [0.4, 0.5) is 0 Å². The maximum absolute atomic E-state index is 10.2. The van der Waals surface area contributed by atoms with E-state index in [2.05, 4.69) is 31.2 Å². The molecule has 0 heterocycles. The molecule has 0 rings (SSSR count). The molecule has 0 aliphatic rings. The topological polar surface area (TPSA) is 40.1 Å². The van der Waals surface area contributed by atoms with Crippen LogP contribution in [0.2, 0.25) is 0 Å². The lowest BCUT2D eigenvalue weighted by Crippen LogP contribution is -2.21. The minimum atomic E-state index is -0.919. The van der Waals surface area contributed by atoms with Crippen molar-refractivity contribution in [2.24, 2.45) is 0 Å². The SMILES string of the molecule is CCCCC/C=C/C=C/CCCCCCCCC(=O)[O-]. The van der Waals surface area contributed by atoms with Gasteiger partial charge in [0.15, 0.2) is 0 Å². The predicted molar refractivity (Wildman–Crippen MR) is 84.4 cm³/mol. The van der Waals surface area contributed by atoms with Crippen molar-refractivity contribution in [2.45, 2.75) is 84.0 Å². The van der Waals surface area contributed by atoms with E-state index in [9.17, 15) is 9.90 Å². The number of hydrogen-bond donors (Lipinski definition) is 0. The second-order valence-electron chi connectivity index (χ2n) is 5.38. The van der Waals surface area contributed by atoms with Crippen molar-refractivity contribution >= 4 is 5.97 Å². The van der Waals surface area contributed by atoms with Crippen LogP contribution < -0.4 is 5.11 Å².